The number of ether oxygens (including phenoxy) is 1. The van der Waals surface area contributed by atoms with Crippen molar-refractivity contribution in [1.29, 1.82) is 0 Å². The topological polar surface area (TPSA) is 53.0 Å². The van der Waals surface area contributed by atoms with Crippen molar-refractivity contribution in [3.63, 3.8) is 0 Å². The molecule has 1 aromatic heterocycles. The van der Waals surface area contributed by atoms with Gasteiger partial charge in [-0.1, -0.05) is 200 Å². The van der Waals surface area contributed by atoms with Crippen LogP contribution in [-0.2, 0) is 103 Å². The van der Waals surface area contributed by atoms with Gasteiger partial charge in [0.05, 0.1) is 108 Å². The number of nitrogens with zero attached hydrogens (tertiary/aromatic N) is 13. The molecule has 6 heterocycles. The van der Waals surface area contributed by atoms with Gasteiger partial charge in [-0.15, -0.1) is 54.6 Å². The molecule has 19 heteroatoms. The van der Waals surface area contributed by atoms with Crippen LogP contribution in [0.3, 0.4) is 0 Å². The Morgan fingerprint density at radius 1 is 0.288 bits per heavy atom. The van der Waals surface area contributed by atoms with Crippen molar-refractivity contribution >= 4 is 130 Å². The summed E-state index contributed by atoms with van der Waals surface area (Å²) in [6, 6.07) is 129. The average molecular weight is 2100 g/mol. The van der Waals surface area contributed by atoms with Gasteiger partial charge in [-0.2, -0.15) is 72.3 Å². The summed E-state index contributed by atoms with van der Waals surface area (Å²) in [5, 5.41) is 2.56. The van der Waals surface area contributed by atoms with Crippen LogP contribution < -0.4 is 63.5 Å². The maximum Gasteiger partial charge on any atom is 2.00 e. The second kappa shape index (κ2) is 46.0. The SMILES string of the molecule is CN(C)c1cc[c-]c(N2CN(C)c3ccccc32)c1.CN1CN(c2[c-]ccc(-n3c4ccccc4c4ccccc43)c2)c2ccccc21.CN1CN(c2[c-]ccc(C(C)(C)C)c2)c2ccccc21.CN1CN(c2[c-]ccc(N(c3ccccc3)c3ccccc3)c2)c2ccccc21.COc1cc[c-]c(N2CN(C)c3ccccc32)c1.[CH3-].[CH3-].[CH3-].[CH3-].[CH3-].[Rh+2].[Rh+2].[Rh+2].[Rh+2].[Rh+2]. The molecular formula is C106H111N13ORh5. The summed E-state index contributed by atoms with van der Waals surface area (Å²) in [6.45, 7) is 11.0. The Kier molecular flexibility index (Phi) is 38.0. The van der Waals surface area contributed by atoms with Crippen molar-refractivity contribution in [3.05, 3.63) is 395 Å². The van der Waals surface area contributed by atoms with Crippen molar-refractivity contribution in [2.45, 2.75) is 26.2 Å². The van der Waals surface area contributed by atoms with E-state index >= 15 is 0 Å². The fourth-order valence-corrected chi connectivity index (χ4v) is 15.9. The third-order valence-electron chi connectivity index (χ3n) is 21.7. The molecule has 20 rings (SSSR count). The second-order valence-corrected chi connectivity index (χ2v) is 30.7. The Labute approximate surface area is 810 Å². The summed E-state index contributed by atoms with van der Waals surface area (Å²) < 4.78 is 7.62. The number of fused-ring (bicyclic) bond motifs is 8. The predicted octanol–water partition coefficient (Wildman–Crippen LogP) is 25.3. The molecule has 0 saturated carbocycles. The van der Waals surface area contributed by atoms with E-state index in [1.54, 1.807) is 7.11 Å². The number of benzene rings is 14. The third kappa shape index (κ3) is 22.1. The minimum Gasteiger partial charge on any atom is -0.522 e. The molecule has 0 spiro atoms. The van der Waals surface area contributed by atoms with Crippen LogP contribution in [0.1, 0.15) is 26.3 Å². The van der Waals surface area contributed by atoms with Crippen LogP contribution in [0.4, 0.5) is 108 Å². The van der Waals surface area contributed by atoms with E-state index in [1.807, 2.05) is 54.6 Å². The molecule has 5 radical (unpaired) electrons. The minimum absolute atomic E-state index is 0. The molecule has 14 aromatic carbocycles. The first-order valence-electron chi connectivity index (χ1n) is 39.1. The molecule has 15 aromatic rings. The molecule has 0 atom stereocenters. The van der Waals surface area contributed by atoms with E-state index in [0.717, 1.165) is 90.3 Å². The Hall–Kier alpha value is -10.6. The molecule has 651 valence electrons. The van der Waals surface area contributed by atoms with Gasteiger partial charge in [0.25, 0.3) is 0 Å². The van der Waals surface area contributed by atoms with Crippen LogP contribution in [0.25, 0.3) is 27.5 Å². The number of rotatable bonds is 11. The largest absolute Gasteiger partial charge is 2.00 e. The van der Waals surface area contributed by atoms with Gasteiger partial charge in [-0.3, -0.25) is 0 Å². The number of methoxy groups -OCH3 is 1. The maximum absolute atomic E-state index is 5.27. The van der Waals surface area contributed by atoms with Crippen LogP contribution >= 0.6 is 0 Å². The van der Waals surface area contributed by atoms with Gasteiger partial charge in [0, 0.05) is 77.2 Å². The van der Waals surface area contributed by atoms with Crippen LogP contribution in [-0.4, -0.2) is 94.4 Å². The van der Waals surface area contributed by atoms with Crippen molar-refractivity contribution in [2.24, 2.45) is 0 Å². The average Bonchev–Trinajstić information content (AvgIpc) is 1.59. The smallest absolute Gasteiger partial charge is 0.522 e. The summed E-state index contributed by atoms with van der Waals surface area (Å²) in [6.07, 6.45) is 0. The number of aromatic nitrogens is 1. The zero-order valence-corrected chi connectivity index (χ0v) is 82.2. The third-order valence-corrected chi connectivity index (χ3v) is 21.7. The Balaban J connectivity index is 0.000000240. The van der Waals surface area contributed by atoms with Gasteiger partial charge in [-0.25, -0.2) is 0 Å². The first-order chi connectivity index (χ1) is 56.0. The van der Waals surface area contributed by atoms with E-state index in [-0.39, 0.29) is 140 Å². The first kappa shape index (κ1) is 103. The number of anilines is 19. The van der Waals surface area contributed by atoms with E-state index in [0.29, 0.717) is 0 Å². The fraction of sp³-hybridized carbons (Fsp3) is 0.160. The number of hydrogen-bond acceptors (Lipinski definition) is 13. The van der Waals surface area contributed by atoms with E-state index in [2.05, 4.69) is 431 Å². The van der Waals surface area contributed by atoms with E-state index < -0.39 is 0 Å². The van der Waals surface area contributed by atoms with Gasteiger partial charge in [0.1, 0.15) is 0 Å². The van der Waals surface area contributed by atoms with Gasteiger partial charge in [-0.05, 0) is 102 Å². The fourth-order valence-electron chi connectivity index (χ4n) is 15.9. The van der Waals surface area contributed by atoms with E-state index in [9.17, 15) is 0 Å². The summed E-state index contributed by atoms with van der Waals surface area (Å²) in [5.74, 6) is 0.857. The van der Waals surface area contributed by atoms with Crippen molar-refractivity contribution in [1.82, 2.24) is 4.57 Å². The molecule has 0 amide bonds. The molecule has 0 saturated heterocycles. The van der Waals surface area contributed by atoms with Crippen molar-refractivity contribution in [3.8, 4) is 11.4 Å². The molecule has 125 heavy (non-hydrogen) atoms. The van der Waals surface area contributed by atoms with E-state index in [4.69, 9.17) is 4.74 Å². The van der Waals surface area contributed by atoms with Gasteiger partial charge >= 0.3 is 97.4 Å². The second-order valence-electron chi connectivity index (χ2n) is 30.7. The summed E-state index contributed by atoms with van der Waals surface area (Å²) in [5.41, 5.74) is 27.6. The normalized spacial score (nSPS) is 12.4. The molecule has 0 bridgehead atoms. The van der Waals surface area contributed by atoms with Crippen molar-refractivity contribution in [2.75, 3.05) is 149 Å². The standard InChI is InChI=1S/C26H20N3.C26H22N3.C18H21N2.C16H18N3.C15H15N2O.5CH3.5Rh/c1-27-18-28(26-16-7-6-15-25(26)27)19-9-8-10-20(17-19)29-23-13-4-2-11-21(23)22-12-3-5-14-24(22)29;1-27-20-28(26-18-9-8-17-25(26)27)23-15-10-16-24(19-23)29(21-11-4-2-5-12-21)22-13-6-3-7-14-22;1-18(2,3)14-8-7-9-15(12-14)20-13-19(4)16-10-5-6-11-17(16)20;1-17(2)13-7-6-8-14(11-13)19-12-18(3)15-9-4-5-10-16(15)19;1-16-11-17(15-9-4-3-8-14(15)16)12-6-5-7-13(10-12)18-2;;;;;;;;;;/h2-8,10-17H,18H2,1H3;2-14,16-19H,20H2,1H3;5-8,10-12H,13H2,1-4H3;4-7,9-11H,12H2,1-3H3;3-5,7-10H,11H2,1-2H3;5*1H3;;;;;/q10*-1;5*+2. The molecule has 5 aliphatic rings. The zero-order valence-electron chi connectivity index (χ0n) is 74.0. The molecule has 5 aliphatic heterocycles. The molecule has 14 nitrogen and oxygen atoms in total. The summed E-state index contributed by atoms with van der Waals surface area (Å²) >= 11 is 0. The van der Waals surface area contributed by atoms with Gasteiger partial charge in [0.2, 0.25) is 0 Å². The van der Waals surface area contributed by atoms with E-state index in [1.165, 1.54) is 89.9 Å². The number of hydrogen-bond donors (Lipinski definition) is 0. The monoisotopic (exact) mass is 2100 g/mol. The summed E-state index contributed by atoms with van der Waals surface area (Å²) in [4.78, 5) is 27.2. The number of para-hydroxylation sites is 14. The predicted molar refractivity (Wildman–Crippen MR) is 516 cm³/mol. The minimum atomic E-state index is 0. The zero-order chi connectivity index (χ0) is 79.3. The Morgan fingerprint density at radius 2 is 0.568 bits per heavy atom. The van der Waals surface area contributed by atoms with Crippen LogP contribution in [0, 0.1) is 67.5 Å². The molecular weight excluding hydrogens is 1990 g/mol. The quantitative estimate of drug-likeness (QED) is 0.0914. The van der Waals surface area contributed by atoms with Crippen LogP contribution in [0.5, 0.6) is 5.75 Å². The van der Waals surface area contributed by atoms with Crippen LogP contribution in [0.2, 0.25) is 0 Å². The molecule has 0 unspecified atom stereocenters. The Morgan fingerprint density at radius 3 is 0.920 bits per heavy atom. The molecule has 0 fully saturated rings. The molecule has 0 N–H and O–H groups in total. The summed E-state index contributed by atoms with van der Waals surface area (Å²) in [7, 11) is 16.4. The van der Waals surface area contributed by atoms with Crippen LogP contribution in [0.15, 0.2) is 322 Å². The first-order valence-corrected chi connectivity index (χ1v) is 39.1. The molecule has 0 aliphatic carbocycles. The van der Waals surface area contributed by atoms with Crippen molar-refractivity contribution < 1.29 is 102 Å². The van der Waals surface area contributed by atoms with Gasteiger partial charge in [0.15, 0.2) is 0 Å². The Bertz CT molecular complexity index is 5820. The maximum atomic E-state index is 5.27. The van der Waals surface area contributed by atoms with Gasteiger partial charge < -0.3 is 105 Å².